The SMILES string of the molecule is NCC(NC(=O)CN1c2cccc3cccc(c23)S1(=O)=O)C1CCCCC1. The normalized spacial score (nSPS) is 20.0. The zero-order valence-corrected chi connectivity index (χ0v) is 16.0. The van der Waals surface area contributed by atoms with Crippen LogP contribution in [-0.4, -0.2) is 33.5 Å². The lowest BCUT2D eigenvalue weighted by Crippen LogP contribution is -2.49. The highest BCUT2D eigenvalue weighted by atomic mass is 32.2. The molecule has 1 unspecified atom stereocenters. The molecule has 1 heterocycles. The first-order valence-electron chi connectivity index (χ1n) is 9.56. The van der Waals surface area contributed by atoms with E-state index in [9.17, 15) is 13.2 Å². The quantitative estimate of drug-likeness (QED) is 0.824. The molecule has 1 amide bonds. The maximum atomic E-state index is 13.0. The van der Waals surface area contributed by atoms with Crippen molar-refractivity contribution in [3.8, 4) is 0 Å². The van der Waals surface area contributed by atoms with Gasteiger partial charge in [0.15, 0.2) is 0 Å². The summed E-state index contributed by atoms with van der Waals surface area (Å²) in [5, 5.41) is 4.54. The first kappa shape index (κ1) is 18.3. The van der Waals surface area contributed by atoms with Crippen molar-refractivity contribution in [3.63, 3.8) is 0 Å². The van der Waals surface area contributed by atoms with Crippen LogP contribution in [0.1, 0.15) is 32.1 Å². The third-order valence-electron chi connectivity index (χ3n) is 5.79. The predicted molar refractivity (Wildman–Crippen MR) is 106 cm³/mol. The second-order valence-corrected chi connectivity index (χ2v) is 9.28. The fourth-order valence-electron chi connectivity index (χ4n) is 4.42. The van der Waals surface area contributed by atoms with Gasteiger partial charge in [-0.15, -0.1) is 0 Å². The Morgan fingerprint density at radius 2 is 1.85 bits per heavy atom. The fraction of sp³-hybridized carbons (Fsp3) is 0.450. The average molecular weight is 388 g/mol. The van der Waals surface area contributed by atoms with E-state index in [0.717, 1.165) is 31.1 Å². The molecule has 2 aromatic carbocycles. The van der Waals surface area contributed by atoms with Gasteiger partial charge in [0.2, 0.25) is 5.91 Å². The van der Waals surface area contributed by atoms with Gasteiger partial charge in [0.25, 0.3) is 10.0 Å². The van der Waals surface area contributed by atoms with Crippen LogP contribution in [0.25, 0.3) is 10.8 Å². The van der Waals surface area contributed by atoms with Gasteiger partial charge in [-0.2, -0.15) is 0 Å². The maximum absolute atomic E-state index is 13.0. The van der Waals surface area contributed by atoms with E-state index in [4.69, 9.17) is 5.73 Å². The van der Waals surface area contributed by atoms with Crippen LogP contribution in [0, 0.1) is 5.92 Å². The number of nitrogens with two attached hydrogens (primary N) is 1. The number of nitrogens with one attached hydrogen (secondary N) is 1. The molecular weight excluding hydrogens is 362 g/mol. The summed E-state index contributed by atoms with van der Waals surface area (Å²) in [5.41, 5.74) is 6.47. The van der Waals surface area contributed by atoms with Gasteiger partial charge in [0.05, 0.1) is 10.6 Å². The summed E-state index contributed by atoms with van der Waals surface area (Å²) in [6.45, 7) is 0.151. The van der Waals surface area contributed by atoms with Gasteiger partial charge in [0, 0.05) is 18.0 Å². The third-order valence-corrected chi connectivity index (χ3v) is 7.59. The number of anilines is 1. The van der Waals surface area contributed by atoms with Crippen molar-refractivity contribution in [1.82, 2.24) is 5.32 Å². The number of benzene rings is 2. The van der Waals surface area contributed by atoms with Crippen molar-refractivity contribution in [3.05, 3.63) is 36.4 Å². The standard InChI is InChI=1S/C20H25N3O3S/c21-12-16(14-6-2-1-3-7-14)22-19(24)13-23-17-10-4-8-15-9-5-11-18(20(15)17)27(23,25)26/h4-5,8-11,14,16H,1-3,6-7,12-13,21H2,(H,22,24). The van der Waals surface area contributed by atoms with Crippen LogP contribution < -0.4 is 15.4 Å². The van der Waals surface area contributed by atoms with E-state index in [2.05, 4.69) is 5.32 Å². The molecule has 0 spiro atoms. The molecular formula is C20H25N3O3S. The molecule has 0 aromatic heterocycles. The van der Waals surface area contributed by atoms with E-state index in [0.29, 0.717) is 23.5 Å². The lowest BCUT2D eigenvalue weighted by atomic mass is 9.84. The molecule has 6 nitrogen and oxygen atoms in total. The van der Waals surface area contributed by atoms with Gasteiger partial charge in [-0.1, -0.05) is 43.5 Å². The number of nitrogens with zero attached hydrogens (tertiary/aromatic N) is 1. The molecule has 1 aliphatic carbocycles. The molecule has 0 saturated heterocycles. The molecule has 1 aliphatic heterocycles. The summed E-state index contributed by atoms with van der Waals surface area (Å²) >= 11 is 0. The average Bonchev–Trinajstić information content (AvgIpc) is 2.90. The molecule has 2 aliphatic rings. The van der Waals surface area contributed by atoms with Gasteiger partial charge in [0.1, 0.15) is 6.54 Å². The molecule has 0 radical (unpaired) electrons. The van der Waals surface area contributed by atoms with Crippen LogP contribution in [0.4, 0.5) is 5.69 Å². The van der Waals surface area contributed by atoms with Gasteiger partial charge < -0.3 is 11.1 Å². The van der Waals surface area contributed by atoms with Crippen molar-refractivity contribution >= 4 is 32.4 Å². The van der Waals surface area contributed by atoms with Crippen molar-refractivity contribution in [1.29, 1.82) is 0 Å². The number of rotatable bonds is 5. The van der Waals surface area contributed by atoms with E-state index >= 15 is 0 Å². The Bertz CT molecular complexity index is 962. The summed E-state index contributed by atoms with van der Waals surface area (Å²) < 4.78 is 27.2. The van der Waals surface area contributed by atoms with Gasteiger partial charge >= 0.3 is 0 Å². The number of sulfonamides is 1. The van der Waals surface area contributed by atoms with Crippen LogP contribution in [0.5, 0.6) is 0 Å². The lowest BCUT2D eigenvalue weighted by Gasteiger charge is -2.30. The predicted octanol–water partition coefficient (Wildman–Crippen LogP) is 2.37. The summed E-state index contributed by atoms with van der Waals surface area (Å²) in [7, 11) is -3.72. The minimum Gasteiger partial charge on any atom is -0.350 e. The van der Waals surface area contributed by atoms with Crippen molar-refractivity contribution < 1.29 is 13.2 Å². The Labute approximate surface area is 159 Å². The Morgan fingerprint density at radius 1 is 1.15 bits per heavy atom. The molecule has 1 atom stereocenters. The zero-order valence-electron chi connectivity index (χ0n) is 15.2. The Kier molecular flexibility index (Phi) is 4.82. The molecule has 27 heavy (non-hydrogen) atoms. The van der Waals surface area contributed by atoms with Crippen molar-refractivity contribution in [2.45, 2.75) is 43.0 Å². The number of hydrogen-bond acceptors (Lipinski definition) is 4. The van der Waals surface area contributed by atoms with Gasteiger partial charge in [-0.3, -0.25) is 9.10 Å². The Morgan fingerprint density at radius 3 is 2.56 bits per heavy atom. The Hall–Kier alpha value is -2.12. The molecule has 144 valence electrons. The van der Waals surface area contributed by atoms with Crippen LogP contribution in [0.3, 0.4) is 0 Å². The van der Waals surface area contributed by atoms with E-state index < -0.39 is 10.0 Å². The third kappa shape index (κ3) is 3.19. The molecule has 3 N–H and O–H groups in total. The molecule has 2 aromatic rings. The van der Waals surface area contributed by atoms with Crippen LogP contribution in [-0.2, 0) is 14.8 Å². The van der Waals surface area contributed by atoms with Gasteiger partial charge in [-0.25, -0.2) is 8.42 Å². The summed E-state index contributed by atoms with van der Waals surface area (Å²) in [6, 6.07) is 10.6. The molecule has 7 heteroatoms. The summed E-state index contributed by atoms with van der Waals surface area (Å²) in [5.74, 6) is 0.0768. The summed E-state index contributed by atoms with van der Waals surface area (Å²) in [6.07, 6.45) is 5.68. The maximum Gasteiger partial charge on any atom is 0.265 e. The molecule has 1 fully saturated rings. The van der Waals surface area contributed by atoms with Crippen molar-refractivity contribution in [2.24, 2.45) is 11.7 Å². The van der Waals surface area contributed by atoms with Crippen LogP contribution in [0.2, 0.25) is 0 Å². The van der Waals surface area contributed by atoms with E-state index in [-0.39, 0.29) is 23.4 Å². The largest absolute Gasteiger partial charge is 0.350 e. The minimum atomic E-state index is -3.72. The first-order chi connectivity index (χ1) is 13.0. The van der Waals surface area contributed by atoms with Gasteiger partial charge in [-0.05, 0) is 36.3 Å². The number of carbonyl (C=O) groups excluding carboxylic acids is 1. The lowest BCUT2D eigenvalue weighted by molar-refractivity contribution is -0.120. The van der Waals surface area contributed by atoms with Crippen LogP contribution >= 0.6 is 0 Å². The van der Waals surface area contributed by atoms with Crippen molar-refractivity contribution in [2.75, 3.05) is 17.4 Å². The molecule has 0 bridgehead atoms. The highest BCUT2D eigenvalue weighted by Crippen LogP contribution is 2.41. The van der Waals surface area contributed by atoms with E-state index in [1.54, 1.807) is 18.2 Å². The second kappa shape index (κ2) is 7.13. The first-order valence-corrected chi connectivity index (χ1v) is 11.0. The highest BCUT2D eigenvalue weighted by Gasteiger charge is 2.37. The molecule has 4 rings (SSSR count). The van der Waals surface area contributed by atoms with E-state index in [1.165, 1.54) is 10.7 Å². The fourth-order valence-corrected chi connectivity index (χ4v) is 6.08. The minimum absolute atomic E-state index is 0.0960. The number of amides is 1. The smallest absolute Gasteiger partial charge is 0.265 e. The second-order valence-electron chi connectivity index (χ2n) is 7.45. The zero-order chi connectivity index (χ0) is 19.0. The number of carbonyl (C=O) groups is 1. The Balaban J connectivity index is 1.56. The monoisotopic (exact) mass is 387 g/mol. The summed E-state index contributed by atoms with van der Waals surface area (Å²) in [4.78, 5) is 13.0. The number of hydrogen-bond donors (Lipinski definition) is 2. The highest BCUT2D eigenvalue weighted by molar-refractivity contribution is 7.93. The topological polar surface area (TPSA) is 92.5 Å². The van der Waals surface area contributed by atoms with Crippen LogP contribution in [0.15, 0.2) is 41.3 Å². The van der Waals surface area contributed by atoms with E-state index in [1.807, 2.05) is 18.2 Å². The molecule has 1 saturated carbocycles.